The van der Waals surface area contributed by atoms with Crippen molar-refractivity contribution in [2.75, 3.05) is 13.1 Å². The fourth-order valence-corrected chi connectivity index (χ4v) is 2.74. The van der Waals surface area contributed by atoms with Crippen molar-refractivity contribution in [3.63, 3.8) is 0 Å². The van der Waals surface area contributed by atoms with Crippen molar-refractivity contribution in [1.29, 1.82) is 0 Å². The summed E-state index contributed by atoms with van der Waals surface area (Å²) >= 11 is 11.8. The third-order valence-electron chi connectivity index (χ3n) is 3.55. The quantitative estimate of drug-likeness (QED) is 0.910. The predicted octanol–water partition coefficient (Wildman–Crippen LogP) is 2.12. The van der Waals surface area contributed by atoms with Gasteiger partial charge in [-0.15, -0.1) is 0 Å². The van der Waals surface area contributed by atoms with Crippen molar-refractivity contribution in [3.8, 4) is 0 Å². The van der Waals surface area contributed by atoms with Crippen LogP contribution in [-0.2, 0) is 11.8 Å². The SMILES string of the molecule is C[C@@H]1CN(C(=O)c2cc(Cl)c(Cl)n2C)C[C@H]1C(=O)O. The molecular weight excluding hydrogens is 291 g/mol. The van der Waals surface area contributed by atoms with E-state index < -0.39 is 11.9 Å². The number of amides is 1. The maximum Gasteiger partial charge on any atom is 0.308 e. The molecule has 0 radical (unpaired) electrons. The first-order valence-corrected chi connectivity index (χ1v) is 6.61. The molecule has 0 unspecified atom stereocenters. The number of rotatable bonds is 2. The fraction of sp³-hybridized carbons (Fsp3) is 0.500. The smallest absolute Gasteiger partial charge is 0.308 e. The van der Waals surface area contributed by atoms with Crippen LogP contribution in [0.25, 0.3) is 0 Å². The van der Waals surface area contributed by atoms with Gasteiger partial charge in [0.15, 0.2) is 0 Å². The van der Waals surface area contributed by atoms with Crippen molar-refractivity contribution in [3.05, 3.63) is 21.9 Å². The molecule has 0 aromatic carbocycles. The lowest BCUT2D eigenvalue weighted by atomic mass is 9.99. The molecule has 2 atom stereocenters. The van der Waals surface area contributed by atoms with Gasteiger partial charge in [0.25, 0.3) is 5.91 Å². The van der Waals surface area contributed by atoms with Crippen LogP contribution in [-0.4, -0.2) is 39.5 Å². The number of halogens is 2. The molecule has 2 heterocycles. The lowest BCUT2D eigenvalue weighted by molar-refractivity contribution is -0.142. The minimum Gasteiger partial charge on any atom is -0.481 e. The molecule has 7 heteroatoms. The van der Waals surface area contributed by atoms with E-state index in [0.717, 1.165) is 0 Å². The van der Waals surface area contributed by atoms with Crippen molar-refractivity contribution in [2.45, 2.75) is 6.92 Å². The number of carbonyl (C=O) groups excluding carboxylic acids is 1. The van der Waals surface area contributed by atoms with Crippen molar-refractivity contribution >= 4 is 35.1 Å². The van der Waals surface area contributed by atoms with Crippen LogP contribution >= 0.6 is 23.2 Å². The molecule has 19 heavy (non-hydrogen) atoms. The Morgan fingerprint density at radius 3 is 2.42 bits per heavy atom. The molecular formula is C12H14Cl2N2O3. The average Bonchev–Trinajstić information content (AvgIpc) is 2.85. The first kappa shape index (κ1) is 14.2. The number of aliphatic carboxylic acids is 1. The molecule has 104 valence electrons. The van der Waals surface area contributed by atoms with Crippen molar-refractivity contribution < 1.29 is 14.7 Å². The summed E-state index contributed by atoms with van der Waals surface area (Å²) in [5.41, 5.74) is 0.369. The van der Waals surface area contributed by atoms with E-state index in [1.807, 2.05) is 6.92 Å². The topological polar surface area (TPSA) is 62.5 Å². The molecule has 0 aliphatic carbocycles. The highest BCUT2D eigenvalue weighted by Gasteiger charge is 2.38. The first-order chi connectivity index (χ1) is 8.82. The number of carboxylic acids is 1. The van der Waals surface area contributed by atoms with E-state index in [1.54, 1.807) is 7.05 Å². The average molecular weight is 305 g/mol. The molecule has 0 bridgehead atoms. The fourth-order valence-electron chi connectivity index (χ4n) is 2.36. The lowest BCUT2D eigenvalue weighted by Gasteiger charge is -2.16. The second kappa shape index (κ2) is 5.06. The van der Waals surface area contributed by atoms with Crippen LogP contribution in [0.1, 0.15) is 17.4 Å². The van der Waals surface area contributed by atoms with Crippen LogP contribution in [0.15, 0.2) is 6.07 Å². The summed E-state index contributed by atoms with van der Waals surface area (Å²) in [7, 11) is 1.65. The lowest BCUT2D eigenvalue weighted by Crippen LogP contribution is -2.31. The number of likely N-dealkylation sites (tertiary alicyclic amines) is 1. The summed E-state index contributed by atoms with van der Waals surface area (Å²) in [5.74, 6) is -1.69. The summed E-state index contributed by atoms with van der Waals surface area (Å²) in [5, 5.41) is 9.68. The molecule has 1 aromatic heterocycles. The maximum atomic E-state index is 12.3. The van der Waals surface area contributed by atoms with Gasteiger partial charge >= 0.3 is 5.97 Å². The van der Waals surface area contributed by atoms with Gasteiger partial charge in [0.2, 0.25) is 0 Å². The first-order valence-electron chi connectivity index (χ1n) is 5.85. The Kier molecular flexibility index (Phi) is 3.78. The van der Waals surface area contributed by atoms with Gasteiger partial charge in [-0.3, -0.25) is 9.59 Å². The molecule has 1 amide bonds. The van der Waals surface area contributed by atoms with Crippen LogP contribution in [0.2, 0.25) is 10.2 Å². The second-order valence-electron chi connectivity index (χ2n) is 4.86. The van der Waals surface area contributed by atoms with Gasteiger partial charge in [-0.25, -0.2) is 0 Å². The summed E-state index contributed by atoms with van der Waals surface area (Å²) in [6, 6.07) is 1.50. The Morgan fingerprint density at radius 1 is 1.37 bits per heavy atom. The van der Waals surface area contributed by atoms with Gasteiger partial charge < -0.3 is 14.6 Å². The van der Waals surface area contributed by atoms with Crippen LogP contribution in [0.3, 0.4) is 0 Å². The Morgan fingerprint density at radius 2 is 2.00 bits per heavy atom. The molecule has 1 aliphatic rings. The van der Waals surface area contributed by atoms with Gasteiger partial charge in [-0.2, -0.15) is 0 Å². The van der Waals surface area contributed by atoms with E-state index >= 15 is 0 Å². The highest BCUT2D eigenvalue weighted by atomic mass is 35.5. The largest absolute Gasteiger partial charge is 0.481 e. The summed E-state index contributed by atoms with van der Waals surface area (Å²) in [6.45, 7) is 2.48. The van der Waals surface area contributed by atoms with Gasteiger partial charge in [0.1, 0.15) is 10.8 Å². The zero-order chi connectivity index (χ0) is 14.3. The molecule has 1 aliphatic heterocycles. The number of nitrogens with zero attached hydrogens (tertiary/aromatic N) is 2. The number of aromatic nitrogens is 1. The van der Waals surface area contributed by atoms with Crippen LogP contribution in [0.5, 0.6) is 0 Å². The third-order valence-corrected chi connectivity index (χ3v) is 4.39. The molecule has 1 fully saturated rings. The molecule has 1 N–H and O–H groups in total. The summed E-state index contributed by atoms with van der Waals surface area (Å²) in [4.78, 5) is 24.9. The normalized spacial score (nSPS) is 22.8. The maximum absolute atomic E-state index is 12.3. The third kappa shape index (κ3) is 2.44. The van der Waals surface area contributed by atoms with Crippen molar-refractivity contribution in [1.82, 2.24) is 9.47 Å². The van der Waals surface area contributed by atoms with E-state index in [4.69, 9.17) is 28.3 Å². The molecule has 0 spiro atoms. The standard InChI is InChI=1S/C12H14Cl2N2O3/c1-6-4-16(5-7(6)12(18)19)11(17)9-3-8(13)10(14)15(9)2/h3,6-7H,4-5H2,1-2H3,(H,18,19)/t6-,7-/m1/s1. The monoisotopic (exact) mass is 304 g/mol. The highest BCUT2D eigenvalue weighted by Crippen LogP contribution is 2.29. The van der Waals surface area contributed by atoms with E-state index in [0.29, 0.717) is 22.4 Å². The summed E-state index contributed by atoms with van der Waals surface area (Å²) < 4.78 is 1.50. The van der Waals surface area contributed by atoms with E-state index in [2.05, 4.69) is 0 Å². The number of carboxylic acid groups (broad SMARTS) is 1. The Bertz CT molecular complexity index is 541. The van der Waals surface area contributed by atoms with Gasteiger partial charge in [0.05, 0.1) is 10.9 Å². The summed E-state index contributed by atoms with van der Waals surface area (Å²) in [6.07, 6.45) is 0. The van der Waals surface area contributed by atoms with Gasteiger partial charge in [-0.1, -0.05) is 30.1 Å². The van der Waals surface area contributed by atoms with Crippen molar-refractivity contribution in [2.24, 2.45) is 18.9 Å². The van der Waals surface area contributed by atoms with Gasteiger partial charge in [0, 0.05) is 20.1 Å². The van der Waals surface area contributed by atoms with E-state index in [9.17, 15) is 9.59 Å². The van der Waals surface area contributed by atoms with Crippen LogP contribution < -0.4 is 0 Å². The minimum absolute atomic E-state index is 0.0623. The second-order valence-corrected chi connectivity index (χ2v) is 5.62. The molecule has 2 rings (SSSR count). The molecule has 5 nitrogen and oxygen atoms in total. The predicted molar refractivity (Wildman–Crippen MR) is 71.6 cm³/mol. The number of carbonyl (C=O) groups is 2. The Labute approximate surface area is 120 Å². The molecule has 1 aromatic rings. The Balaban J connectivity index is 2.22. The van der Waals surface area contributed by atoms with Gasteiger partial charge in [-0.05, 0) is 12.0 Å². The van der Waals surface area contributed by atoms with E-state index in [-0.39, 0.29) is 18.4 Å². The van der Waals surface area contributed by atoms with Crippen LogP contribution in [0, 0.1) is 11.8 Å². The molecule has 0 saturated carbocycles. The minimum atomic E-state index is -0.870. The number of hydrogen-bond acceptors (Lipinski definition) is 2. The molecule has 1 saturated heterocycles. The highest BCUT2D eigenvalue weighted by molar-refractivity contribution is 6.41. The van der Waals surface area contributed by atoms with Crippen LogP contribution in [0.4, 0.5) is 0 Å². The van der Waals surface area contributed by atoms with E-state index in [1.165, 1.54) is 15.5 Å². The zero-order valence-electron chi connectivity index (χ0n) is 10.6. The Hall–Kier alpha value is -1.20. The zero-order valence-corrected chi connectivity index (χ0v) is 12.1. The number of hydrogen-bond donors (Lipinski definition) is 1.